The maximum absolute atomic E-state index is 10.3. The van der Waals surface area contributed by atoms with Crippen LogP contribution in [0.15, 0.2) is 24.3 Å². The highest BCUT2D eigenvalue weighted by Gasteiger charge is 2.19. The van der Waals surface area contributed by atoms with E-state index in [1.807, 2.05) is 0 Å². The van der Waals surface area contributed by atoms with Gasteiger partial charge < -0.3 is 10.0 Å². The van der Waals surface area contributed by atoms with Gasteiger partial charge in [-0.25, -0.2) is 0 Å². The van der Waals surface area contributed by atoms with E-state index in [9.17, 15) is 5.11 Å². The standard InChI is InChI=1S/C17H27NO/c1-13(2)15-6-8-16(9-7-15)17(19)12-18-10-4-5-14(3)11-18/h6-9,13-14,17,19H,4-5,10-12H2,1-3H3. The predicted molar refractivity (Wildman–Crippen MR) is 80.3 cm³/mol. The van der Waals surface area contributed by atoms with Crippen LogP contribution in [-0.4, -0.2) is 29.6 Å². The first-order valence-corrected chi connectivity index (χ1v) is 7.56. The van der Waals surface area contributed by atoms with Crippen LogP contribution in [0, 0.1) is 5.92 Å². The van der Waals surface area contributed by atoms with Crippen LogP contribution in [0.4, 0.5) is 0 Å². The zero-order valence-electron chi connectivity index (χ0n) is 12.5. The van der Waals surface area contributed by atoms with Gasteiger partial charge in [0.1, 0.15) is 0 Å². The smallest absolute Gasteiger partial charge is 0.0916 e. The molecule has 0 aliphatic carbocycles. The molecule has 2 rings (SSSR count). The Labute approximate surface area is 117 Å². The number of aliphatic hydroxyl groups excluding tert-OH is 1. The molecule has 1 aliphatic rings. The van der Waals surface area contributed by atoms with E-state index in [-0.39, 0.29) is 6.10 Å². The van der Waals surface area contributed by atoms with Crippen LogP contribution in [0.2, 0.25) is 0 Å². The number of aliphatic hydroxyl groups is 1. The van der Waals surface area contributed by atoms with Crippen molar-refractivity contribution in [1.82, 2.24) is 4.90 Å². The summed E-state index contributed by atoms with van der Waals surface area (Å²) in [5.74, 6) is 1.32. The fraction of sp³-hybridized carbons (Fsp3) is 0.647. The summed E-state index contributed by atoms with van der Waals surface area (Å²) in [6.45, 7) is 9.72. The minimum absolute atomic E-state index is 0.355. The average molecular weight is 261 g/mol. The van der Waals surface area contributed by atoms with Crippen molar-refractivity contribution in [3.05, 3.63) is 35.4 Å². The van der Waals surface area contributed by atoms with Gasteiger partial charge in [-0.3, -0.25) is 0 Å². The minimum atomic E-state index is -0.355. The molecule has 0 radical (unpaired) electrons. The average Bonchev–Trinajstić information content (AvgIpc) is 2.39. The van der Waals surface area contributed by atoms with Crippen molar-refractivity contribution in [3.8, 4) is 0 Å². The molecular formula is C17H27NO. The van der Waals surface area contributed by atoms with Crippen molar-refractivity contribution >= 4 is 0 Å². The topological polar surface area (TPSA) is 23.5 Å². The summed E-state index contributed by atoms with van der Waals surface area (Å²) in [7, 11) is 0. The van der Waals surface area contributed by atoms with Gasteiger partial charge in [-0.1, -0.05) is 45.0 Å². The Balaban J connectivity index is 1.93. The van der Waals surface area contributed by atoms with Crippen LogP contribution in [0.3, 0.4) is 0 Å². The Kier molecular flexibility index (Phi) is 5.00. The van der Waals surface area contributed by atoms with Crippen LogP contribution in [0.5, 0.6) is 0 Å². The van der Waals surface area contributed by atoms with Gasteiger partial charge in [-0.05, 0) is 42.3 Å². The highest BCUT2D eigenvalue weighted by atomic mass is 16.3. The number of β-amino-alcohol motifs (C(OH)–C–C–N with tert-alkyl or cyclic N) is 1. The number of likely N-dealkylation sites (tertiary alicyclic amines) is 1. The van der Waals surface area contributed by atoms with E-state index in [0.29, 0.717) is 5.92 Å². The molecule has 1 heterocycles. The van der Waals surface area contributed by atoms with Crippen molar-refractivity contribution < 1.29 is 5.11 Å². The second-order valence-corrected chi connectivity index (χ2v) is 6.34. The first-order chi connectivity index (χ1) is 9.06. The summed E-state index contributed by atoms with van der Waals surface area (Å²) in [6, 6.07) is 8.44. The summed E-state index contributed by atoms with van der Waals surface area (Å²) >= 11 is 0. The minimum Gasteiger partial charge on any atom is -0.387 e. The fourth-order valence-corrected chi connectivity index (χ4v) is 2.91. The lowest BCUT2D eigenvalue weighted by molar-refractivity contribution is 0.0876. The van der Waals surface area contributed by atoms with Crippen molar-refractivity contribution in [2.75, 3.05) is 19.6 Å². The third-order valence-corrected chi connectivity index (χ3v) is 4.16. The molecule has 1 N–H and O–H groups in total. The number of benzene rings is 1. The van der Waals surface area contributed by atoms with Gasteiger partial charge in [0.15, 0.2) is 0 Å². The Morgan fingerprint density at radius 1 is 1.21 bits per heavy atom. The number of rotatable bonds is 4. The monoisotopic (exact) mass is 261 g/mol. The van der Waals surface area contributed by atoms with Crippen LogP contribution < -0.4 is 0 Å². The molecule has 2 heteroatoms. The van der Waals surface area contributed by atoms with Gasteiger partial charge >= 0.3 is 0 Å². The molecule has 0 spiro atoms. The Hall–Kier alpha value is -0.860. The van der Waals surface area contributed by atoms with Gasteiger partial charge in [0.2, 0.25) is 0 Å². The Bertz CT molecular complexity index is 385. The van der Waals surface area contributed by atoms with E-state index < -0.39 is 0 Å². The van der Waals surface area contributed by atoms with Crippen molar-refractivity contribution in [3.63, 3.8) is 0 Å². The number of hydrogen-bond acceptors (Lipinski definition) is 2. The molecule has 1 aromatic rings. The van der Waals surface area contributed by atoms with E-state index in [2.05, 4.69) is 49.9 Å². The third kappa shape index (κ3) is 4.05. The molecule has 1 fully saturated rings. The van der Waals surface area contributed by atoms with Gasteiger partial charge in [0.05, 0.1) is 6.10 Å². The van der Waals surface area contributed by atoms with Crippen LogP contribution in [-0.2, 0) is 0 Å². The van der Waals surface area contributed by atoms with Gasteiger partial charge in [0.25, 0.3) is 0 Å². The van der Waals surface area contributed by atoms with E-state index in [1.54, 1.807) is 0 Å². The zero-order chi connectivity index (χ0) is 13.8. The fourth-order valence-electron chi connectivity index (χ4n) is 2.91. The third-order valence-electron chi connectivity index (χ3n) is 4.16. The van der Waals surface area contributed by atoms with Crippen LogP contribution >= 0.6 is 0 Å². The van der Waals surface area contributed by atoms with Gasteiger partial charge in [-0.2, -0.15) is 0 Å². The molecule has 1 saturated heterocycles. The summed E-state index contributed by atoms with van der Waals surface area (Å²) in [5.41, 5.74) is 2.38. The lowest BCUT2D eigenvalue weighted by atomic mass is 9.98. The predicted octanol–water partition coefficient (Wildman–Crippen LogP) is 3.58. The molecule has 1 aromatic carbocycles. The highest BCUT2D eigenvalue weighted by Crippen LogP contribution is 2.22. The molecule has 0 bridgehead atoms. The van der Waals surface area contributed by atoms with Crippen LogP contribution in [0.25, 0.3) is 0 Å². The molecular weight excluding hydrogens is 234 g/mol. The van der Waals surface area contributed by atoms with Gasteiger partial charge in [-0.15, -0.1) is 0 Å². The number of hydrogen-bond donors (Lipinski definition) is 1. The van der Waals surface area contributed by atoms with E-state index in [4.69, 9.17) is 0 Å². The summed E-state index contributed by atoms with van der Waals surface area (Å²) in [6.07, 6.45) is 2.24. The summed E-state index contributed by atoms with van der Waals surface area (Å²) < 4.78 is 0. The van der Waals surface area contributed by atoms with Gasteiger partial charge in [0, 0.05) is 13.1 Å². The Morgan fingerprint density at radius 2 is 1.84 bits per heavy atom. The second-order valence-electron chi connectivity index (χ2n) is 6.34. The number of piperidine rings is 1. The number of nitrogens with zero attached hydrogens (tertiary/aromatic N) is 1. The zero-order valence-corrected chi connectivity index (χ0v) is 12.5. The van der Waals surface area contributed by atoms with Crippen molar-refractivity contribution in [1.29, 1.82) is 0 Å². The van der Waals surface area contributed by atoms with E-state index >= 15 is 0 Å². The first kappa shape index (κ1) is 14.5. The molecule has 19 heavy (non-hydrogen) atoms. The van der Waals surface area contributed by atoms with E-state index in [1.165, 1.54) is 18.4 Å². The SMILES string of the molecule is CC1CCCN(CC(O)c2ccc(C(C)C)cc2)C1. The van der Waals surface area contributed by atoms with Crippen LogP contribution in [0.1, 0.15) is 56.8 Å². The van der Waals surface area contributed by atoms with Crippen molar-refractivity contribution in [2.45, 2.75) is 45.6 Å². The molecule has 0 aromatic heterocycles. The summed E-state index contributed by atoms with van der Waals surface area (Å²) in [4.78, 5) is 2.40. The molecule has 106 valence electrons. The highest BCUT2D eigenvalue weighted by molar-refractivity contribution is 5.26. The van der Waals surface area contributed by atoms with E-state index in [0.717, 1.165) is 31.1 Å². The molecule has 0 saturated carbocycles. The maximum atomic E-state index is 10.3. The molecule has 1 aliphatic heterocycles. The van der Waals surface area contributed by atoms with Crippen molar-refractivity contribution in [2.24, 2.45) is 5.92 Å². The molecule has 2 atom stereocenters. The quantitative estimate of drug-likeness (QED) is 0.895. The lowest BCUT2D eigenvalue weighted by Gasteiger charge is -2.32. The molecule has 2 nitrogen and oxygen atoms in total. The second kappa shape index (κ2) is 6.53. The lowest BCUT2D eigenvalue weighted by Crippen LogP contribution is -2.37. The molecule has 0 amide bonds. The first-order valence-electron chi connectivity index (χ1n) is 7.56. The largest absolute Gasteiger partial charge is 0.387 e. The molecule has 2 unspecified atom stereocenters. The maximum Gasteiger partial charge on any atom is 0.0916 e. The normalized spacial score (nSPS) is 22.7. The summed E-state index contributed by atoms with van der Waals surface area (Å²) in [5, 5.41) is 10.3. The Morgan fingerprint density at radius 3 is 2.42 bits per heavy atom.